The Labute approximate surface area is 272 Å². The van der Waals surface area contributed by atoms with Gasteiger partial charge in [-0.2, -0.15) is 0 Å². The van der Waals surface area contributed by atoms with Gasteiger partial charge in [0.05, 0.1) is 0 Å². The summed E-state index contributed by atoms with van der Waals surface area (Å²) in [7, 11) is 2.34. The Morgan fingerprint density at radius 2 is 0.767 bits per heavy atom. The van der Waals surface area contributed by atoms with E-state index in [0.29, 0.717) is 6.04 Å². The Bertz CT molecular complexity index is 666. The number of hydrogen-bond acceptors (Lipinski definition) is 1. The zero-order valence-electron chi connectivity index (χ0n) is 29.9. The van der Waals surface area contributed by atoms with Gasteiger partial charge in [-0.25, -0.2) is 0 Å². The van der Waals surface area contributed by atoms with Crippen LogP contribution >= 0.6 is 0 Å². The van der Waals surface area contributed by atoms with Crippen LogP contribution in [0.3, 0.4) is 0 Å². The highest BCUT2D eigenvalue weighted by Gasteiger charge is 2.10. The summed E-state index contributed by atoms with van der Waals surface area (Å²) < 4.78 is 0. The van der Waals surface area contributed by atoms with Crippen molar-refractivity contribution in [3.05, 3.63) is 60.8 Å². The Kier molecular flexibility index (Phi) is 35.7. The van der Waals surface area contributed by atoms with Crippen LogP contribution in [0.15, 0.2) is 60.8 Å². The highest BCUT2D eigenvalue weighted by molar-refractivity contribution is 4.95. The van der Waals surface area contributed by atoms with Gasteiger partial charge in [0.2, 0.25) is 0 Å². The van der Waals surface area contributed by atoms with Crippen molar-refractivity contribution in [3.63, 3.8) is 0 Å². The lowest BCUT2D eigenvalue weighted by atomic mass is 10.0. The first-order valence-corrected chi connectivity index (χ1v) is 19.2. The molecular formula is C42H77N. The second-order valence-electron chi connectivity index (χ2n) is 12.9. The molecule has 43 heavy (non-hydrogen) atoms. The van der Waals surface area contributed by atoms with Gasteiger partial charge in [-0.15, -0.1) is 0 Å². The highest BCUT2D eigenvalue weighted by Crippen LogP contribution is 2.15. The maximum Gasteiger partial charge on any atom is 0.0275 e. The molecule has 0 amide bonds. The largest absolute Gasteiger partial charge is 0.300 e. The van der Waals surface area contributed by atoms with Crippen LogP contribution in [0.2, 0.25) is 0 Å². The lowest BCUT2D eigenvalue weighted by molar-refractivity contribution is 0.260. The van der Waals surface area contributed by atoms with Crippen molar-refractivity contribution in [2.24, 2.45) is 0 Å². The Hall–Kier alpha value is -1.34. The van der Waals surface area contributed by atoms with Crippen LogP contribution in [0.1, 0.15) is 188 Å². The minimum Gasteiger partial charge on any atom is -0.300 e. The molecule has 1 unspecified atom stereocenters. The molecule has 0 bridgehead atoms. The maximum atomic E-state index is 2.61. The van der Waals surface area contributed by atoms with Gasteiger partial charge in [0.25, 0.3) is 0 Å². The zero-order chi connectivity index (χ0) is 31.3. The van der Waals surface area contributed by atoms with Gasteiger partial charge >= 0.3 is 0 Å². The van der Waals surface area contributed by atoms with Crippen LogP contribution in [0.4, 0.5) is 0 Å². The average Bonchev–Trinajstić information content (AvgIpc) is 3.02. The molecule has 0 saturated carbocycles. The van der Waals surface area contributed by atoms with Gasteiger partial charge in [-0.05, 0) is 103 Å². The van der Waals surface area contributed by atoms with Gasteiger partial charge in [0.15, 0.2) is 0 Å². The van der Waals surface area contributed by atoms with Crippen LogP contribution in [-0.2, 0) is 0 Å². The van der Waals surface area contributed by atoms with Crippen molar-refractivity contribution in [1.82, 2.24) is 4.90 Å². The third-order valence-electron chi connectivity index (χ3n) is 8.56. The SMILES string of the molecule is CCCCC/C=C\C/C=C\CCCCCC/C=C/C(CCCCCCCC/C=C\C/C=C\CCCCC)N(C)CCCC. The van der Waals surface area contributed by atoms with E-state index in [0.717, 1.165) is 12.8 Å². The monoisotopic (exact) mass is 596 g/mol. The predicted octanol–water partition coefficient (Wildman–Crippen LogP) is 14.3. The number of rotatable bonds is 33. The Morgan fingerprint density at radius 3 is 1.21 bits per heavy atom. The number of hydrogen-bond donors (Lipinski definition) is 0. The summed E-state index contributed by atoms with van der Waals surface area (Å²) in [5, 5.41) is 0. The molecule has 0 aliphatic rings. The third kappa shape index (κ3) is 33.4. The van der Waals surface area contributed by atoms with E-state index in [1.165, 1.54) is 161 Å². The smallest absolute Gasteiger partial charge is 0.0275 e. The molecule has 0 aliphatic heterocycles. The number of nitrogens with zero attached hydrogens (tertiary/aromatic N) is 1. The molecule has 250 valence electrons. The normalized spacial score (nSPS) is 13.4. The van der Waals surface area contributed by atoms with E-state index in [1.807, 2.05) is 0 Å². The molecule has 0 rings (SSSR count). The minimum absolute atomic E-state index is 0.628. The molecule has 1 nitrogen and oxygen atoms in total. The first-order chi connectivity index (χ1) is 21.3. The van der Waals surface area contributed by atoms with Crippen LogP contribution in [0.25, 0.3) is 0 Å². The maximum absolute atomic E-state index is 2.61. The van der Waals surface area contributed by atoms with Gasteiger partial charge in [-0.1, -0.05) is 159 Å². The summed E-state index contributed by atoms with van der Waals surface area (Å²) in [4.78, 5) is 2.61. The molecule has 0 aromatic carbocycles. The van der Waals surface area contributed by atoms with E-state index >= 15 is 0 Å². The summed E-state index contributed by atoms with van der Waals surface area (Å²) >= 11 is 0. The summed E-state index contributed by atoms with van der Waals surface area (Å²) in [5.74, 6) is 0. The summed E-state index contributed by atoms with van der Waals surface area (Å²) in [6.07, 6.45) is 58.2. The van der Waals surface area contributed by atoms with E-state index in [-0.39, 0.29) is 0 Å². The molecule has 0 aromatic heterocycles. The Morgan fingerprint density at radius 1 is 0.395 bits per heavy atom. The van der Waals surface area contributed by atoms with Crippen molar-refractivity contribution in [2.45, 2.75) is 194 Å². The van der Waals surface area contributed by atoms with E-state index in [2.05, 4.69) is 93.5 Å². The molecule has 0 radical (unpaired) electrons. The summed E-state index contributed by atoms with van der Waals surface area (Å²) in [5.41, 5.74) is 0. The van der Waals surface area contributed by atoms with Crippen molar-refractivity contribution in [2.75, 3.05) is 13.6 Å². The number of allylic oxidation sites excluding steroid dienone is 9. The number of unbranched alkanes of at least 4 members (excludes halogenated alkanes) is 18. The van der Waals surface area contributed by atoms with E-state index in [4.69, 9.17) is 0 Å². The first-order valence-electron chi connectivity index (χ1n) is 19.2. The molecule has 0 aliphatic carbocycles. The molecule has 0 fully saturated rings. The summed E-state index contributed by atoms with van der Waals surface area (Å²) in [6.45, 7) is 8.09. The van der Waals surface area contributed by atoms with Crippen molar-refractivity contribution < 1.29 is 0 Å². The number of likely N-dealkylation sites (N-methyl/N-ethyl adjacent to an activating group) is 1. The molecule has 0 N–H and O–H groups in total. The highest BCUT2D eigenvalue weighted by atomic mass is 15.1. The molecule has 1 atom stereocenters. The standard InChI is InChI=1S/C42H77N/c1-5-8-11-13-15-17-19-21-23-25-27-29-31-33-35-37-39-42(43(4)41-10-7-3)40-38-36-34-32-30-28-26-24-22-20-18-16-14-12-9-6-2/h15-18,21-24,37,39,42H,5-14,19-20,25-36,38,40-41H2,1-4H3/b17-15-,18-16-,23-21-,24-22-,39-37+. The average molecular weight is 596 g/mol. The fourth-order valence-corrected chi connectivity index (χ4v) is 5.53. The molecule has 0 aromatic rings. The molecule has 0 spiro atoms. The van der Waals surface area contributed by atoms with E-state index < -0.39 is 0 Å². The molecule has 0 heterocycles. The van der Waals surface area contributed by atoms with Crippen molar-refractivity contribution in [1.29, 1.82) is 0 Å². The summed E-state index contributed by atoms with van der Waals surface area (Å²) in [6, 6.07) is 0.628. The van der Waals surface area contributed by atoms with Crippen molar-refractivity contribution in [3.8, 4) is 0 Å². The molecular weight excluding hydrogens is 518 g/mol. The van der Waals surface area contributed by atoms with Gasteiger partial charge in [0.1, 0.15) is 0 Å². The van der Waals surface area contributed by atoms with Crippen LogP contribution in [0, 0.1) is 0 Å². The van der Waals surface area contributed by atoms with Gasteiger partial charge in [-0.3, -0.25) is 4.90 Å². The lowest BCUT2D eigenvalue weighted by Gasteiger charge is -2.25. The van der Waals surface area contributed by atoms with Gasteiger partial charge < -0.3 is 0 Å². The van der Waals surface area contributed by atoms with E-state index in [9.17, 15) is 0 Å². The second-order valence-corrected chi connectivity index (χ2v) is 12.9. The predicted molar refractivity (Wildman–Crippen MR) is 199 cm³/mol. The lowest BCUT2D eigenvalue weighted by Crippen LogP contribution is -2.31. The van der Waals surface area contributed by atoms with Crippen LogP contribution < -0.4 is 0 Å². The fraction of sp³-hybridized carbons (Fsp3) is 0.762. The minimum atomic E-state index is 0.628. The molecule has 1 heteroatoms. The van der Waals surface area contributed by atoms with Crippen LogP contribution in [-0.4, -0.2) is 24.5 Å². The third-order valence-corrected chi connectivity index (χ3v) is 8.56. The topological polar surface area (TPSA) is 3.24 Å². The zero-order valence-corrected chi connectivity index (χ0v) is 29.9. The van der Waals surface area contributed by atoms with E-state index in [1.54, 1.807) is 0 Å². The first kappa shape index (κ1) is 41.7. The fourth-order valence-electron chi connectivity index (χ4n) is 5.53. The van der Waals surface area contributed by atoms with Crippen molar-refractivity contribution >= 4 is 0 Å². The van der Waals surface area contributed by atoms with Gasteiger partial charge in [0, 0.05) is 6.04 Å². The quantitative estimate of drug-likeness (QED) is 0.0539. The Balaban J connectivity index is 3.91. The van der Waals surface area contributed by atoms with Crippen LogP contribution in [0.5, 0.6) is 0 Å². The second kappa shape index (κ2) is 36.8. The molecule has 0 saturated heterocycles.